The fraction of sp³-hybridized carbons (Fsp3) is 0.440. The van der Waals surface area contributed by atoms with E-state index in [1.165, 1.54) is 40.8 Å². The van der Waals surface area contributed by atoms with Crippen molar-refractivity contribution in [2.45, 2.75) is 48.5 Å². The summed E-state index contributed by atoms with van der Waals surface area (Å²) in [7, 11) is -2.21. The van der Waals surface area contributed by atoms with E-state index < -0.39 is 42.7 Å². The van der Waals surface area contributed by atoms with Crippen LogP contribution in [-0.2, 0) is 27.7 Å². The molecule has 1 aromatic heterocycles. The Bertz CT molecular complexity index is 1520. The second-order valence-corrected chi connectivity index (χ2v) is 12.3. The first-order chi connectivity index (χ1) is 17.6. The molecule has 1 N–H and O–H groups in total. The molecule has 0 spiro atoms. The fourth-order valence-electron chi connectivity index (χ4n) is 4.91. The second kappa shape index (κ2) is 8.78. The third kappa shape index (κ3) is 4.02. The van der Waals surface area contributed by atoms with E-state index in [0.717, 1.165) is 6.07 Å². The zero-order valence-electron chi connectivity index (χ0n) is 20.1. The number of carbonyl (C=O) groups is 2. The van der Waals surface area contributed by atoms with Gasteiger partial charge in [-0.15, -0.1) is 0 Å². The van der Waals surface area contributed by atoms with Gasteiger partial charge in [0.2, 0.25) is 0 Å². The average molecular weight is 529 g/mol. The van der Waals surface area contributed by atoms with Crippen LogP contribution in [0.15, 0.2) is 35.1 Å². The number of hydrogen-bond donors (Lipinski definition) is 1. The van der Waals surface area contributed by atoms with Crippen molar-refractivity contribution in [1.82, 2.24) is 14.8 Å². The molecular formula is C25H25FN4O6S. The van der Waals surface area contributed by atoms with Crippen LogP contribution in [0.3, 0.4) is 0 Å². The molecule has 0 saturated heterocycles. The third-order valence-corrected chi connectivity index (χ3v) is 10.7. The Labute approximate surface area is 212 Å². The average Bonchev–Trinajstić information content (AvgIpc) is 3.80. The standard InChI is InChI=1S/C25H25FN4O6S/c1-36-25(8-9-25)37(34,35)24(6-7-24)15-29-10-11-30-20(23(29)33)5-4-18(22(30)32)21(31)28-14-16-2-3-17(13-27)19(26)12-16/h2-5,12H,6-11,14-15H2,1H3,(H,28,31). The first-order valence-corrected chi connectivity index (χ1v) is 13.4. The number of carbonyl (C=O) groups excluding carboxylic acids is 2. The lowest BCUT2D eigenvalue weighted by Gasteiger charge is -2.33. The molecule has 2 aliphatic carbocycles. The quantitative estimate of drug-likeness (QED) is 0.545. The molecule has 37 heavy (non-hydrogen) atoms. The molecule has 2 amide bonds. The SMILES string of the molecule is COC1(S(=O)(=O)C2(CN3CCn4c(ccc(C(=O)NCc5ccc(C#N)c(F)c5)c4=O)C3=O)CC2)CC1. The first-order valence-electron chi connectivity index (χ1n) is 11.9. The van der Waals surface area contributed by atoms with E-state index in [9.17, 15) is 27.2 Å². The molecule has 0 radical (unpaired) electrons. The highest BCUT2D eigenvalue weighted by molar-refractivity contribution is 7.94. The van der Waals surface area contributed by atoms with E-state index in [1.54, 1.807) is 6.07 Å². The van der Waals surface area contributed by atoms with Crippen LogP contribution in [0, 0.1) is 17.1 Å². The van der Waals surface area contributed by atoms with Crippen LogP contribution in [0.1, 0.15) is 57.7 Å². The zero-order chi connectivity index (χ0) is 26.6. The summed E-state index contributed by atoms with van der Waals surface area (Å²) in [5, 5.41) is 11.4. The van der Waals surface area contributed by atoms with Gasteiger partial charge in [0.15, 0.2) is 14.8 Å². The van der Waals surface area contributed by atoms with Crippen LogP contribution < -0.4 is 10.9 Å². The molecule has 1 aromatic carbocycles. The Morgan fingerprint density at radius 1 is 1.16 bits per heavy atom. The highest BCUT2D eigenvalue weighted by Crippen LogP contribution is 2.57. The van der Waals surface area contributed by atoms with Gasteiger partial charge >= 0.3 is 0 Å². The Morgan fingerprint density at radius 2 is 1.89 bits per heavy atom. The van der Waals surface area contributed by atoms with Crippen molar-refractivity contribution in [3.8, 4) is 6.07 Å². The van der Waals surface area contributed by atoms with Crippen molar-refractivity contribution < 1.29 is 27.1 Å². The number of rotatable bonds is 8. The summed E-state index contributed by atoms with van der Waals surface area (Å²) in [5.74, 6) is -1.86. The molecule has 1 aliphatic heterocycles. The summed E-state index contributed by atoms with van der Waals surface area (Å²) in [6, 6.07) is 8.31. The molecule has 2 aromatic rings. The maximum atomic E-state index is 13.8. The number of aromatic nitrogens is 1. The number of hydrogen-bond acceptors (Lipinski definition) is 7. The largest absolute Gasteiger partial charge is 0.362 e. The summed E-state index contributed by atoms with van der Waals surface area (Å²) in [5.41, 5.74) is -0.421. The van der Waals surface area contributed by atoms with Gasteiger partial charge in [-0.2, -0.15) is 5.26 Å². The maximum Gasteiger partial charge on any atom is 0.270 e. The third-order valence-electron chi connectivity index (χ3n) is 7.50. The number of methoxy groups -OCH3 is 1. The van der Waals surface area contributed by atoms with Gasteiger partial charge in [-0.1, -0.05) is 6.07 Å². The Morgan fingerprint density at radius 3 is 2.49 bits per heavy atom. The summed E-state index contributed by atoms with van der Waals surface area (Å²) in [6.07, 6.45) is 1.81. The van der Waals surface area contributed by atoms with Crippen LogP contribution in [0.25, 0.3) is 0 Å². The monoisotopic (exact) mass is 528 g/mol. The van der Waals surface area contributed by atoms with E-state index in [2.05, 4.69) is 5.32 Å². The van der Waals surface area contributed by atoms with E-state index >= 15 is 0 Å². The van der Waals surface area contributed by atoms with Crippen molar-refractivity contribution in [1.29, 1.82) is 5.26 Å². The lowest BCUT2D eigenvalue weighted by atomic mass is 10.1. The number of halogens is 1. The van der Waals surface area contributed by atoms with Crippen LogP contribution in [0.2, 0.25) is 0 Å². The molecule has 0 unspecified atom stereocenters. The van der Waals surface area contributed by atoms with E-state index in [-0.39, 0.29) is 43.0 Å². The summed E-state index contributed by atoms with van der Waals surface area (Å²) in [4.78, 5) is 39.2. The predicted octanol–water partition coefficient (Wildman–Crippen LogP) is 1.33. The minimum atomic E-state index is -3.61. The molecule has 0 atom stereocenters. The fourth-order valence-corrected chi connectivity index (χ4v) is 7.52. The molecule has 2 fully saturated rings. The van der Waals surface area contributed by atoms with Crippen LogP contribution in [-0.4, -0.2) is 59.6 Å². The number of benzene rings is 1. The minimum Gasteiger partial charge on any atom is -0.362 e. The number of nitrogens with zero attached hydrogens (tertiary/aromatic N) is 3. The number of nitriles is 1. The number of ether oxygens (including phenoxy) is 1. The number of amides is 2. The Balaban J connectivity index is 1.30. The molecule has 12 heteroatoms. The lowest BCUT2D eigenvalue weighted by molar-refractivity contribution is 0.0692. The zero-order valence-corrected chi connectivity index (χ0v) is 20.9. The predicted molar refractivity (Wildman–Crippen MR) is 129 cm³/mol. The number of sulfone groups is 1. The molecule has 2 heterocycles. The van der Waals surface area contributed by atoms with Gasteiger partial charge < -0.3 is 19.5 Å². The molecule has 0 bridgehead atoms. The van der Waals surface area contributed by atoms with Gasteiger partial charge in [0.05, 0.1) is 10.3 Å². The number of nitrogens with one attached hydrogen (secondary N) is 1. The lowest BCUT2D eigenvalue weighted by Crippen LogP contribution is -2.51. The first kappa shape index (κ1) is 25.1. The van der Waals surface area contributed by atoms with E-state index in [4.69, 9.17) is 10.00 Å². The van der Waals surface area contributed by atoms with Gasteiger partial charge in [0.25, 0.3) is 17.4 Å². The van der Waals surface area contributed by atoms with E-state index in [0.29, 0.717) is 31.2 Å². The van der Waals surface area contributed by atoms with Crippen molar-refractivity contribution in [3.05, 3.63) is 68.9 Å². The topological polar surface area (TPSA) is 139 Å². The van der Waals surface area contributed by atoms with Gasteiger partial charge in [-0.3, -0.25) is 14.4 Å². The molecular weight excluding hydrogens is 503 g/mol. The summed E-state index contributed by atoms with van der Waals surface area (Å²) >= 11 is 0. The Kier molecular flexibility index (Phi) is 5.96. The molecule has 194 valence electrons. The maximum absolute atomic E-state index is 13.8. The van der Waals surface area contributed by atoms with Crippen molar-refractivity contribution in [3.63, 3.8) is 0 Å². The summed E-state index contributed by atoms with van der Waals surface area (Å²) in [6.45, 7) is 0.234. The van der Waals surface area contributed by atoms with Gasteiger partial charge in [-0.25, -0.2) is 12.8 Å². The smallest absolute Gasteiger partial charge is 0.270 e. The molecule has 10 nitrogen and oxygen atoms in total. The van der Waals surface area contributed by atoms with Crippen LogP contribution in [0.4, 0.5) is 4.39 Å². The molecule has 3 aliphatic rings. The second-order valence-electron chi connectivity index (χ2n) is 9.73. The van der Waals surface area contributed by atoms with E-state index in [1.807, 2.05) is 0 Å². The highest BCUT2D eigenvalue weighted by Gasteiger charge is 2.68. The minimum absolute atomic E-state index is 0.0385. The number of fused-ring (bicyclic) bond motifs is 1. The molecule has 2 saturated carbocycles. The van der Waals surface area contributed by atoms with Gasteiger partial charge in [0.1, 0.15) is 23.1 Å². The van der Waals surface area contributed by atoms with Gasteiger partial charge in [-0.05, 0) is 55.5 Å². The van der Waals surface area contributed by atoms with Crippen molar-refractivity contribution in [2.24, 2.45) is 0 Å². The summed E-state index contributed by atoms with van der Waals surface area (Å²) < 4.78 is 45.8. The van der Waals surface area contributed by atoms with Crippen molar-refractivity contribution >= 4 is 21.7 Å². The van der Waals surface area contributed by atoms with Gasteiger partial charge in [0, 0.05) is 33.3 Å². The normalized spacial score (nSPS) is 19.1. The van der Waals surface area contributed by atoms with Crippen molar-refractivity contribution in [2.75, 3.05) is 20.2 Å². The number of pyridine rings is 1. The molecule has 5 rings (SSSR count). The Hall–Kier alpha value is -3.56. The van der Waals surface area contributed by atoms with Crippen LogP contribution >= 0.6 is 0 Å². The van der Waals surface area contributed by atoms with Crippen LogP contribution in [0.5, 0.6) is 0 Å². The highest BCUT2D eigenvalue weighted by atomic mass is 32.2.